The molecule has 3 nitrogen and oxygen atoms in total. The summed E-state index contributed by atoms with van der Waals surface area (Å²) in [4.78, 5) is 6.59. The number of benzene rings is 2. The second-order valence-corrected chi connectivity index (χ2v) is 5.99. The van der Waals surface area contributed by atoms with Gasteiger partial charge in [0.15, 0.2) is 5.58 Å². The molecule has 0 aliphatic rings. The van der Waals surface area contributed by atoms with Gasteiger partial charge in [0.25, 0.3) is 6.01 Å². The molecule has 0 aliphatic heterocycles. The highest BCUT2D eigenvalue weighted by molar-refractivity contribution is 7.17. The van der Waals surface area contributed by atoms with Crippen LogP contribution < -0.4 is 4.90 Å². The van der Waals surface area contributed by atoms with Gasteiger partial charge in [0, 0.05) is 18.3 Å². The highest BCUT2D eigenvalue weighted by atomic mass is 32.1. The Kier molecular flexibility index (Phi) is 2.89. The van der Waals surface area contributed by atoms with Crippen molar-refractivity contribution in [3.05, 3.63) is 59.5 Å². The number of hydrogen-bond acceptors (Lipinski definition) is 4. The number of nitrogens with zero attached hydrogens (tertiary/aromatic N) is 2. The summed E-state index contributed by atoms with van der Waals surface area (Å²) >= 11 is 1.78. The van der Waals surface area contributed by atoms with Gasteiger partial charge in [-0.15, -0.1) is 11.3 Å². The number of rotatable bonds is 3. The molecule has 0 aliphatic carbocycles. The molecule has 0 saturated carbocycles. The van der Waals surface area contributed by atoms with Crippen LogP contribution in [0.25, 0.3) is 21.2 Å². The van der Waals surface area contributed by atoms with Crippen molar-refractivity contribution in [3.8, 4) is 0 Å². The minimum Gasteiger partial charge on any atom is -0.423 e. The van der Waals surface area contributed by atoms with Gasteiger partial charge in [0.1, 0.15) is 5.52 Å². The lowest BCUT2D eigenvalue weighted by Crippen LogP contribution is -2.16. The van der Waals surface area contributed by atoms with Crippen molar-refractivity contribution in [2.24, 2.45) is 0 Å². The number of para-hydroxylation sites is 2. The molecule has 104 valence electrons. The topological polar surface area (TPSA) is 29.3 Å². The largest absolute Gasteiger partial charge is 0.423 e. The first kappa shape index (κ1) is 12.4. The molecule has 2 heterocycles. The lowest BCUT2D eigenvalue weighted by Gasteiger charge is -2.13. The molecule has 4 rings (SSSR count). The fraction of sp³-hybridized carbons (Fsp3) is 0.118. The summed E-state index contributed by atoms with van der Waals surface area (Å²) in [5.41, 5.74) is 3.03. The average Bonchev–Trinajstić information content (AvgIpc) is 3.11. The minimum absolute atomic E-state index is 0.659. The maximum atomic E-state index is 5.81. The van der Waals surface area contributed by atoms with Crippen LogP contribution in [0, 0.1) is 0 Å². The maximum Gasteiger partial charge on any atom is 0.298 e. The van der Waals surface area contributed by atoms with Crippen molar-refractivity contribution in [3.63, 3.8) is 0 Å². The summed E-state index contributed by atoms with van der Waals surface area (Å²) in [6, 6.07) is 17.0. The second-order valence-electron chi connectivity index (χ2n) is 5.08. The van der Waals surface area contributed by atoms with Gasteiger partial charge in [0.05, 0.1) is 0 Å². The molecule has 21 heavy (non-hydrogen) atoms. The molecule has 4 aromatic rings. The molecule has 0 saturated heterocycles. The zero-order valence-corrected chi connectivity index (χ0v) is 12.4. The Morgan fingerprint density at radius 1 is 1.10 bits per heavy atom. The van der Waals surface area contributed by atoms with Crippen molar-refractivity contribution in [1.29, 1.82) is 0 Å². The van der Waals surface area contributed by atoms with Gasteiger partial charge in [-0.1, -0.05) is 30.3 Å². The fourth-order valence-electron chi connectivity index (χ4n) is 2.50. The van der Waals surface area contributed by atoms with Crippen LogP contribution in [-0.2, 0) is 6.54 Å². The van der Waals surface area contributed by atoms with E-state index in [1.54, 1.807) is 11.3 Å². The van der Waals surface area contributed by atoms with E-state index >= 15 is 0 Å². The Hall–Kier alpha value is -2.33. The molecular weight excluding hydrogens is 280 g/mol. The van der Waals surface area contributed by atoms with E-state index in [9.17, 15) is 0 Å². The van der Waals surface area contributed by atoms with Crippen LogP contribution in [0.15, 0.2) is 58.3 Å². The van der Waals surface area contributed by atoms with Gasteiger partial charge < -0.3 is 9.32 Å². The molecule has 2 aromatic heterocycles. The summed E-state index contributed by atoms with van der Waals surface area (Å²) in [7, 11) is 2.01. The number of thiophene rings is 1. The van der Waals surface area contributed by atoms with E-state index < -0.39 is 0 Å². The second kappa shape index (κ2) is 4.90. The summed E-state index contributed by atoms with van der Waals surface area (Å²) in [5.74, 6) is 0. The van der Waals surface area contributed by atoms with Gasteiger partial charge >= 0.3 is 0 Å². The normalized spacial score (nSPS) is 11.3. The number of hydrogen-bond donors (Lipinski definition) is 0. The van der Waals surface area contributed by atoms with Crippen molar-refractivity contribution in [2.45, 2.75) is 6.54 Å². The average molecular weight is 294 g/mol. The molecule has 0 radical (unpaired) electrons. The zero-order chi connectivity index (χ0) is 14.2. The molecule has 0 fully saturated rings. The van der Waals surface area contributed by atoms with E-state index in [1.807, 2.05) is 31.3 Å². The van der Waals surface area contributed by atoms with Crippen molar-refractivity contribution in [2.75, 3.05) is 11.9 Å². The Bertz CT molecular complexity index is 876. The Balaban J connectivity index is 1.67. The monoisotopic (exact) mass is 294 g/mol. The standard InChI is InChI=1S/C17H14N2OS/c1-19(17-18-14-7-3-4-8-15(14)20-17)10-12-11-21-16-9-5-2-6-13(12)16/h2-9,11H,10H2,1H3. The third-order valence-electron chi connectivity index (χ3n) is 3.58. The smallest absolute Gasteiger partial charge is 0.298 e. The summed E-state index contributed by atoms with van der Waals surface area (Å²) in [5, 5.41) is 3.52. The van der Waals surface area contributed by atoms with Gasteiger partial charge in [0.2, 0.25) is 0 Å². The van der Waals surface area contributed by atoms with E-state index in [1.165, 1.54) is 15.6 Å². The fourth-order valence-corrected chi connectivity index (χ4v) is 3.46. The lowest BCUT2D eigenvalue weighted by atomic mass is 10.2. The van der Waals surface area contributed by atoms with Crippen molar-refractivity contribution in [1.82, 2.24) is 4.98 Å². The minimum atomic E-state index is 0.659. The predicted octanol–water partition coefficient (Wildman–Crippen LogP) is 4.68. The van der Waals surface area contributed by atoms with E-state index in [-0.39, 0.29) is 0 Å². The first-order valence-electron chi connectivity index (χ1n) is 6.83. The van der Waals surface area contributed by atoms with E-state index in [2.05, 4.69) is 39.5 Å². The van der Waals surface area contributed by atoms with E-state index in [0.29, 0.717) is 6.01 Å². The molecule has 0 spiro atoms. The van der Waals surface area contributed by atoms with Crippen LogP contribution in [0.4, 0.5) is 6.01 Å². The SMILES string of the molecule is CN(Cc1csc2ccccc12)c1nc2ccccc2o1. The van der Waals surface area contributed by atoms with Crippen LogP contribution in [0.3, 0.4) is 0 Å². The first-order valence-corrected chi connectivity index (χ1v) is 7.71. The van der Waals surface area contributed by atoms with Crippen molar-refractivity contribution >= 4 is 38.5 Å². The molecule has 0 unspecified atom stereocenters. The first-order chi connectivity index (χ1) is 10.3. The van der Waals surface area contributed by atoms with Crippen LogP contribution >= 0.6 is 11.3 Å². The molecule has 2 aromatic carbocycles. The number of aromatic nitrogens is 1. The molecule has 0 bridgehead atoms. The summed E-state index contributed by atoms with van der Waals surface area (Å²) in [6.45, 7) is 0.789. The highest BCUT2D eigenvalue weighted by Gasteiger charge is 2.12. The molecule has 0 N–H and O–H groups in total. The Morgan fingerprint density at radius 3 is 2.81 bits per heavy atom. The summed E-state index contributed by atoms with van der Waals surface area (Å²) < 4.78 is 7.13. The van der Waals surface area contributed by atoms with Gasteiger partial charge in [-0.2, -0.15) is 4.98 Å². The quantitative estimate of drug-likeness (QED) is 0.549. The lowest BCUT2D eigenvalue weighted by molar-refractivity contribution is 0.583. The van der Waals surface area contributed by atoms with E-state index in [4.69, 9.17) is 4.42 Å². The predicted molar refractivity (Wildman–Crippen MR) is 87.9 cm³/mol. The molecule has 0 amide bonds. The van der Waals surface area contributed by atoms with Crippen LogP contribution in [-0.4, -0.2) is 12.0 Å². The molecule has 4 heteroatoms. The number of anilines is 1. The van der Waals surface area contributed by atoms with Crippen molar-refractivity contribution < 1.29 is 4.42 Å². The molecular formula is C17H14N2OS. The van der Waals surface area contributed by atoms with Crippen LogP contribution in [0.1, 0.15) is 5.56 Å². The summed E-state index contributed by atoms with van der Waals surface area (Å²) in [6.07, 6.45) is 0. The highest BCUT2D eigenvalue weighted by Crippen LogP contribution is 2.28. The Morgan fingerprint density at radius 2 is 1.90 bits per heavy atom. The van der Waals surface area contributed by atoms with Gasteiger partial charge in [-0.25, -0.2) is 0 Å². The third-order valence-corrected chi connectivity index (χ3v) is 4.59. The zero-order valence-electron chi connectivity index (χ0n) is 11.6. The van der Waals surface area contributed by atoms with Gasteiger partial charge in [-0.3, -0.25) is 0 Å². The molecule has 0 atom stereocenters. The van der Waals surface area contributed by atoms with Crippen LogP contribution in [0.5, 0.6) is 0 Å². The Labute approximate surface area is 126 Å². The third kappa shape index (κ3) is 2.17. The van der Waals surface area contributed by atoms with E-state index in [0.717, 1.165) is 17.6 Å². The van der Waals surface area contributed by atoms with Gasteiger partial charge in [-0.05, 0) is 34.5 Å². The number of oxazole rings is 1. The van der Waals surface area contributed by atoms with Crippen LogP contribution in [0.2, 0.25) is 0 Å². The maximum absolute atomic E-state index is 5.81. The number of fused-ring (bicyclic) bond motifs is 2.